The molecule has 0 atom stereocenters. The number of methoxy groups -OCH3 is 1. The zero-order valence-electron chi connectivity index (χ0n) is 21.5. The molecule has 2 heterocycles. The van der Waals surface area contributed by atoms with Crippen LogP contribution in [0.3, 0.4) is 0 Å². The van der Waals surface area contributed by atoms with Crippen molar-refractivity contribution in [2.24, 2.45) is 0 Å². The molecule has 188 valence electrons. The highest BCUT2D eigenvalue weighted by Gasteiger charge is 2.13. The van der Waals surface area contributed by atoms with Crippen LogP contribution in [0.2, 0.25) is 0 Å². The smallest absolute Gasteiger partial charge is 0.161 e. The molecule has 3 aromatic rings. The van der Waals surface area contributed by atoms with E-state index in [2.05, 4.69) is 45.9 Å². The number of aryl methyl sites for hydroxylation is 2. The van der Waals surface area contributed by atoms with E-state index < -0.39 is 0 Å². The zero-order valence-corrected chi connectivity index (χ0v) is 21.5. The van der Waals surface area contributed by atoms with Gasteiger partial charge in [-0.3, -0.25) is 0 Å². The quantitative estimate of drug-likeness (QED) is 0.272. The van der Waals surface area contributed by atoms with Crippen LogP contribution in [-0.4, -0.2) is 47.8 Å². The lowest BCUT2D eigenvalue weighted by molar-refractivity contribution is 0.279. The third-order valence-corrected chi connectivity index (χ3v) is 6.89. The fourth-order valence-electron chi connectivity index (χ4n) is 5.04. The van der Waals surface area contributed by atoms with Crippen LogP contribution in [0.15, 0.2) is 48.5 Å². The average Bonchev–Trinajstić information content (AvgIpc) is 3.03. The Morgan fingerprint density at radius 3 is 2.54 bits per heavy atom. The molecule has 1 fully saturated rings. The molecule has 1 saturated heterocycles. The van der Waals surface area contributed by atoms with E-state index in [1.54, 1.807) is 7.11 Å². The Labute approximate surface area is 210 Å². The summed E-state index contributed by atoms with van der Waals surface area (Å²) in [5, 5.41) is 0. The number of ether oxygens (including phenoxy) is 2. The second-order valence-corrected chi connectivity index (χ2v) is 9.49. The number of unbranched alkanes of at least 4 members (excludes halogenated alkanes) is 1. The van der Waals surface area contributed by atoms with E-state index >= 15 is 0 Å². The van der Waals surface area contributed by atoms with Crippen LogP contribution < -0.4 is 9.47 Å². The first-order chi connectivity index (χ1) is 17.3. The average molecular weight is 476 g/mol. The number of nitrogens with zero attached hydrogens (tertiary/aromatic N) is 3. The van der Waals surface area contributed by atoms with Gasteiger partial charge < -0.3 is 18.9 Å². The van der Waals surface area contributed by atoms with Gasteiger partial charge in [0.15, 0.2) is 11.5 Å². The van der Waals surface area contributed by atoms with Gasteiger partial charge in [0, 0.05) is 13.0 Å². The molecular weight excluding hydrogens is 434 g/mol. The van der Waals surface area contributed by atoms with Crippen LogP contribution in [0.4, 0.5) is 0 Å². The minimum Gasteiger partial charge on any atom is -0.493 e. The van der Waals surface area contributed by atoms with E-state index in [1.165, 1.54) is 63.1 Å². The third kappa shape index (κ3) is 7.11. The minimum atomic E-state index is 0.677. The van der Waals surface area contributed by atoms with Crippen LogP contribution in [0.5, 0.6) is 11.5 Å². The van der Waals surface area contributed by atoms with Gasteiger partial charge in [-0.25, -0.2) is 4.98 Å². The molecule has 4 rings (SSSR count). The molecule has 1 aliphatic rings. The van der Waals surface area contributed by atoms with E-state index in [-0.39, 0.29) is 0 Å². The van der Waals surface area contributed by atoms with Gasteiger partial charge in [0.2, 0.25) is 0 Å². The number of hydrogen-bond donors (Lipinski definition) is 0. The number of rotatable bonds is 12. The Morgan fingerprint density at radius 1 is 0.914 bits per heavy atom. The molecule has 5 nitrogen and oxygen atoms in total. The van der Waals surface area contributed by atoms with Gasteiger partial charge in [-0.05, 0) is 88.5 Å². The topological polar surface area (TPSA) is 39.5 Å². The summed E-state index contributed by atoms with van der Waals surface area (Å²) in [5.41, 5.74) is 3.48. The molecule has 1 aromatic heterocycles. The van der Waals surface area contributed by atoms with Crippen molar-refractivity contribution in [1.29, 1.82) is 0 Å². The maximum absolute atomic E-state index is 6.06. The molecule has 35 heavy (non-hydrogen) atoms. The van der Waals surface area contributed by atoms with Crippen LogP contribution in [0, 0.1) is 0 Å². The van der Waals surface area contributed by atoms with Crippen molar-refractivity contribution in [3.63, 3.8) is 0 Å². The van der Waals surface area contributed by atoms with Crippen molar-refractivity contribution < 1.29 is 9.47 Å². The summed E-state index contributed by atoms with van der Waals surface area (Å²) in [6.45, 7) is 7.38. The van der Waals surface area contributed by atoms with Gasteiger partial charge in [-0.2, -0.15) is 0 Å². The SMILES string of the molecule is C/C=C/c1ccc(OCCCCn2c(CCCN3CCCCCC3)nc3ccccc32)c(OC)c1. The first-order valence-electron chi connectivity index (χ1n) is 13.4. The summed E-state index contributed by atoms with van der Waals surface area (Å²) in [6, 6.07) is 14.6. The van der Waals surface area contributed by atoms with Gasteiger partial charge in [0.1, 0.15) is 5.82 Å². The lowest BCUT2D eigenvalue weighted by atomic mass is 10.2. The standard InChI is InChI=1S/C30H41N3O2/c1-3-13-25-17-18-28(29(24-25)34-2)35-23-11-10-22-33-27-15-7-6-14-26(27)31-30(33)16-12-21-32-19-8-4-5-9-20-32/h3,6-7,13-15,17-18,24H,4-5,8-12,16,19-23H2,1-2H3/b13-3+. The molecule has 0 aliphatic carbocycles. The number of aromatic nitrogens is 2. The van der Waals surface area contributed by atoms with Crippen LogP contribution in [0.1, 0.15) is 63.3 Å². The summed E-state index contributed by atoms with van der Waals surface area (Å²) >= 11 is 0. The summed E-state index contributed by atoms with van der Waals surface area (Å²) in [6.07, 6.45) is 13.8. The normalized spacial score (nSPS) is 15.0. The molecule has 0 unspecified atom stereocenters. The maximum atomic E-state index is 6.06. The highest BCUT2D eigenvalue weighted by molar-refractivity contribution is 5.75. The number of allylic oxidation sites excluding steroid dienone is 1. The van der Waals surface area contributed by atoms with E-state index in [1.807, 2.05) is 25.1 Å². The zero-order chi connectivity index (χ0) is 24.3. The highest BCUT2D eigenvalue weighted by Crippen LogP contribution is 2.29. The number of imidazole rings is 1. The van der Waals surface area contributed by atoms with Crippen molar-refractivity contribution in [2.45, 2.75) is 64.8 Å². The van der Waals surface area contributed by atoms with Gasteiger partial charge in [0.05, 0.1) is 24.8 Å². The van der Waals surface area contributed by atoms with Gasteiger partial charge in [-0.15, -0.1) is 0 Å². The number of benzene rings is 2. The number of hydrogen-bond acceptors (Lipinski definition) is 4. The molecule has 0 N–H and O–H groups in total. The summed E-state index contributed by atoms with van der Waals surface area (Å²) in [5.74, 6) is 2.82. The molecule has 5 heteroatoms. The molecule has 2 aromatic carbocycles. The second-order valence-electron chi connectivity index (χ2n) is 9.49. The Hall–Kier alpha value is -2.79. The van der Waals surface area contributed by atoms with Gasteiger partial charge in [0.25, 0.3) is 0 Å². The van der Waals surface area contributed by atoms with Crippen molar-refractivity contribution >= 4 is 17.1 Å². The maximum Gasteiger partial charge on any atom is 0.161 e. The van der Waals surface area contributed by atoms with E-state index in [0.717, 1.165) is 48.4 Å². The molecule has 0 bridgehead atoms. The predicted molar refractivity (Wildman–Crippen MR) is 145 cm³/mol. The molecule has 0 saturated carbocycles. The number of para-hydroxylation sites is 2. The van der Waals surface area contributed by atoms with Crippen LogP contribution in [0.25, 0.3) is 17.1 Å². The minimum absolute atomic E-state index is 0.677. The van der Waals surface area contributed by atoms with Crippen LogP contribution >= 0.6 is 0 Å². The predicted octanol–water partition coefficient (Wildman–Crippen LogP) is 6.75. The fraction of sp³-hybridized carbons (Fsp3) is 0.500. The van der Waals surface area contributed by atoms with E-state index in [9.17, 15) is 0 Å². The monoisotopic (exact) mass is 475 g/mol. The molecule has 0 amide bonds. The second kappa shape index (κ2) is 13.3. The first-order valence-corrected chi connectivity index (χ1v) is 13.4. The largest absolute Gasteiger partial charge is 0.493 e. The van der Waals surface area contributed by atoms with Crippen molar-refractivity contribution in [1.82, 2.24) is 14.5 Å². The van der Waals surface area contributed by atoms with E-state index in [0.29, 0.717) is 6.61 Å². The Morgan fingerprint density at radius 2 is 1.74 bits per heavy atom. The number of likely N-dealkylation sites (tertiary alicyclic amines) is 1. The Kier molecular flexibility index (Phi) is 9.64. The van der Waals surface area contributed by atoms with Gasteiger partial charge >= 0.3 is 0 Å². The highest BCUT2D eigenvalue weighted by atomic mass is 16.5. The first kappa shape index (κ1) is 25.3. The lowest BCUT2D eigenvalue weighted by Crippen LogP contribution is -2.26. The summed E-state index contributed by atoms with van der Waals surface area (Å²) in [7, 11) is 1.69. The van der Waals surface area contributed by atoms with Crippen molar-refractivity contribution in [2.75, 3.05) is 33.4 Å². The molecule has 0 radical (unpaired) electrons. The fourth-order valence-corrected chi connectivity index (χ4v) is 5.04. The molecular formula is C30H41N3O2. The lowest BCUT2D eigenvalue weighted by Gasteiger charge is -2.19. The van der Waals surface area contributed by atoms with Gasteiger partial charge in [-0.1, -0.05) is 43.2 Å². The number of fused-ring (bicyclic) bond motifs is 1. The third-order valence-electron chi connectivity index (χ3n) is 6.89. The molecule has 0 spiro atoms. The Balaban J connectivity index is 1.30. The van der Waals surface area contributed by atoms with Crippen LogP contribution in [-0.2, 0) is 13.0 Å². The van der Waals surface area contributed by atoms with Crippen molar-refractivity contribution in [3.8, 4) is 11.5 Å². The summed E-state index contributed by atoms with van der Waals surface area (Å²) in [4.78, 5) is 7.65. The van der Waals surface area contributed by atoms with E-state index in [4.69, 9.17) is 14.5 Å². The molecule has 1 aliphatic heterocycles. The Bertz CT molecular complexity index is 1080. The van der Waals surface area contributed by atoms with Crippen molar-refractivity contribution in [3.05, 3.63) is 59.9 Å². The summed E-state index contributed by atoms with van der Waals surface area (Å²) < 4.78 is 14.0.